The molecule has 0 saturated carbocycles. The van der Waals surface area contributed by atoms with Gasteiger partial charge in [-0.2, -0.15) is 0 Å². The van der Waals surface area contributed by atoms with E-state index >= 15 is 0 Å². The van der Waals surface area contributed by atoms with Crippen molar-refractivity contribution in [1.82, 2.24) is 15.2 Å². The number of hydrogen-bond acceptors (Lipinski definition) is 3. The van der Waals surface area contributed by atoms with Crippen molar-refractivity contribution in [2.45, 2.75) is 65.0 Å². The lowest BCUT2D eigenvalue weighted by atomic mass is 9.88. The fraction of sp³-hybridized carbons (Fsp3) is 0.565. The second kappa shape index (κ2) is 8.47. The third-order valence-corrected chi connectivity index (χ3v) is 5.47. The van der Waals surface area contributed by atoms with Crippen molar-refractivity contribution < 1.29 is 14.3 Å². The van der Waals surface area contributed by atoms with Crippen LogP contribution < -0.4 is 5.32 Å². The number of H-pyrrole nitrogens is 1. The van der Waals surface area contributed by atoms with Crippen LogP contribution in [-0.4, -0.2) is 46.6 Å². The first-order valence-electron chi connectivity index (χ1n) is 10.5. The summed E-state index contributed by atoms with van der Waals surface area (Å²) >= 11 is 0. The van der Waals surface area contributed by atoms with Gasteiger partial charge >= 0.3 is 6.09 Å². The van der Waals surface area contributed by atoms with Gasteiger partial charge in [-0.15, -0.1) is 0 Å². The van der Waals surface area contributed by atoms with Crippen molar-refractivity contribution in [3.8, 4) is 0 Å². The average Bonchev–Trinajstić information content (AvgIpc) is 3.08. The molecular formula is C23H33N3O3. The number of aromatic nitrogens is 1. The van der Waals surface area contributed by atoms with E-state index in [0.717, 1.165) is 18.4 Å². The van der Waals surface area contributed by atoms with Gasteiger partial charge in [-0.05, 0) is 57.1 Å². The maximum atomic E-state index is 13.1. The zero-order valence-electron chi connectivity index (χ0n) is 18.1. The molecule has 6 heteroatoms. The highest BCUT2D eigenvalue weighted by Crippen LogP contribution is 2.33. The number of likely N-dealkylation sites (tertiary alicyclic amines) is 1. The van der Waals surface area contributed by atoms with Crippen LogP contribution in [0.3, 0.4) is 0 Å². The van der Waals surface area contributed by atoms with Crippen molar-refractivity contribution >= 4 is 22.9 Å². The highest BCUT2D eigenvalue weighted by molar-refractivity contribution is 5.86. The van der Waals surface area contributed by atoms with E-state index in [1.54, 1.807) is 0 Å². The number of benzene rings is 1. The topological polar surface area (TPSA) is 74.4 Å². The van der Waals surface area contributed by atoms with Gasteiger partial charge in [0.05, 0.1) is 0 Å². The summed E-state index contributed by atoms with van der Waals surface area (Å²) in [6.45, 7) is 10.7. The number of para-hydroxylation sites is 1. The molecule has 0 spiro atoms. The summed E-state index contributed by atoms with van der Waals surface area (Å²) in [4.78, 5) is 30.5. The molecule has 2 heterocycles. The van der Waals surface area contributed by atoms with Crippen LogP contribution in [0.25, 0.3) is 10.9 Å². The second-order valence-electron chi connectivity index (χ2n) is 9.26. The Hall–Kier alpha value is -2.50. The summed E-state index contributed by atoms with van der Waals surface area (Å²) in [7, 11) is 0. The number of hydrogen-bond donors (Lipinski definition) is 2. The van der Waals surface area contributed by atoms with Gasteiger partial charge in [0, 0.05) is 30.2 Å². The van der Waals surface area contributed by atoms with Gasteiger partial charge in [0.1, 0.15) is 11.6 Å². The number of ether oxygens (including phenoxy) is 1. The van der Waals surface area contributed by atoms with Crippen LogP contribution in [0.15, 0.2) is 30.5 Å². The molecule has 1 fully saturated rings. The Morgan fingerprint density at radius 1 is 1.17 bits per heavy atom. The molecule has 0 aliphatic carbocycles. The van der Waals surface area contributed by atoms with Crippen LogP contribution in [0.2, 0.25) is 0 Å². The Balaban J connectivity index is 1.62. The standard InChI is InChI=1S/C23H33N3O3/c1-15(2)20(25-22(28)29-23(3,4)5)21(27)26-12-10-16(11-13-26)18-14-24-19-9-7-6-8-17(18)19/h6-9,14-16,20,24H,10-13H2,1-5H3,(H,25,28). The molecule has 2 aromatic rings. The van der Waals surface area contributed by atoms with Crippen molar-refractivity contribution in [2.75, 3.05) is 13.1 Å². The largest absolute Gasteiger partial charge is 0.444 e. The third-order valence-electron chi connectivity index (χ3n) is 5.47. The van der Waals surface area contributed by atoms with Crippen molar-refractivity contribution in [1.29, 1.82) is 0 Å². The Labute approximate surface area is 173 Å². The number of carbonyl (C=O) groups is 2. The fourth-order valence-corrected chi connectivity index (χ4v) is 3.99. The van der Waals surface area contributed by atoms with Crippen LogP contribution >= 0.6 is 0 Å². The SMILES string of the molecule is CC(C)C(NC(=O)OC(C)(C)C)C(=O)N1CCC(c2c[nH]c3ccccc23)CC1. The lowest BCUT2D eigenvalue weighted by Crippen LogP contribution is -2.53. The average molecular weight is 400 g/mol. The number of nitrogens with zero attached hydrogens (tertiary/aromatic N) is 1. The molecule has 1 unspecified atom stereocenters. The maximum absolute atomic E-state index is 13.1. The number of fused-ring (bicyclic) bond motifs is 1. The second-order valence-corrected chi connectivity index (χ2v) is 9.26. The highest BCUT2D eigenvalue weighted by Gasteiger charge is 2.33. The van der Waals surface area contributed by atoms with E-state index in [0.29, 0.717) is 19.0 Å². The first-order chi connectivity index (χ1) is 13.7. The first kappa shape index (κ1) is 21.2. The molecule has 0 radical (unpaired) electrons. The number of alkyl carbamates (subject to hydrolysis) is 1. The van der Waals surface area contributed by atoms with E-state index in [-0.39, 0.29) is 11.8 Å². The Kier molecular flexibility index (Phi) is 6.20. The lowest BCUT2D eigenvalue weighted by molar-refractivity contribution is -0.135. The maximum Gasteiger partial charge on any atom is 0.408 e. The zero-order valence-corrected chi connectivity index (χ0v) is 18.1. The number of amides is 2. The summed E-state index contributed by atoms with van der Waals surface area (Å²) in [5.41, 5.74) is 1.90. The molecule has 29 heavy (non-hydrogen) atoms. The van der Waals surface area contributed by atoms with Crippen molar-refractivity contribution in [3.05, 3.63) is 36.0 Å². The minimum absolute atomic E-state index is 0.0126. The highest BCUT2D eigenvalue weighted by atomic mass is 16.6. The van der Waals surface area contributed by atoms with Gasteiger partial charge in [0.15, 0.2) is 0 Å². The van der Waals surface area contributed by atoms with Crippen LogP contribution in [0, 0.1) is 5.92 Å². The van der Waals surface area contributed by atoms with E-state index < -0.39 is 17.7 Å². The summed E-state index contributed by atoms with van der Waals surface area (Å²) in [6.07, 6.45) is 3.40. The molecular weight excluding hydrogens is 366 g/mol. The van der Waals surface area contributed by atoms with Gasteiger partial charge < -0.3 is 19.9 Å². The Morgan fingerprint density at radius 3 is 2.45 bits per heavy atom. The molecule has 158 valence electrons. The predicted octanol–water partition coefficient (Wildman–Crippen LogP) is 4.42. The first-order valence-corrected chi connectivity index (χ1v) is 10.5. The molecule has 2 amide bonds. The van der Waals surface area contributed by atoms with Crippen LogP contribution in [-0.2, 0) is 9.53 Å². The fourth-order valence-electron chi connectivity index (χ4n) is 3.99. The van der Waals surface area contributed by atoms with Gasteiger partial charge in [-0.1, -0.05) is 32.0 Å². The molecule has 1 aromatic heterocycles. The molecule has 1 aliphatic heterocycles. The monoisotopic (exact) mass is 399 g/mol. The van der Waals surface area contributed by atoms with Crippen LogP contribution in [0.5, 0.6) is 0 Å². The van der Waals surface area contributed by atoms with E-state index in [9.17, 15) is 9.59 Å². The van der Waals surface area contributed by atoms with Crippen LogP contribution in [0.1, 0.15) is 58.9 Å². The minimum Gasteiger partial charge on any atom is -0.444 e. The summed E-state index contributed by atoms with van der Waals surface area (Å²) < 4.78 is 5.34. The summed E-state index contributed by atoms with van der Waals surface area (Å²) in [6, 6.07) is 7.77. The van der Waals surface area contributed by atoms with Gasteiger partial charge in [0.25, 0.3) is 0 Å². The number of rotatable bonds is 4. The van der Waals surface area contributed by atoms with Crippen molar-refractivity contribution in [2.24, 2.45) is 5.92 Å². The zero-order chi connectivity index (χ0) is 21.2. The summed E-state index contributed by atoms with van der Waals surface area (Å²) in [5.74, 6) is 0.399. The smallest absolute Gasteiger partial charge is 0.408 e. The number of carbonyl (C=O) groups excluding carboxylic acids is 2. The van der Waals surface area contributed by atoms with E-state index in [2.05, 4.69) is 34.7 Å². The van der Waals surface area contributed by atoms with Gasteiger partial charge in [-0.3, -0.25) is 4.79 Å². The molecule has 0 bridgehead atoms. The van der Waals surface area contributed by atoms with E-state index in [4.69, 9.17) is 4.74 Å². The van der Waals surface area contributed by atoms with E-state index in [1.807, 2.05) is 45.6 Å². The molecule has 1 aromatic carbocycles. The molecule has 1 saturated heterocycles. The Morgan fingerprint density at radius 2 is 1.83 bits per heavy atom. The van der Waals surface area contributed by atoms with Crippen molar-refractivity contribution in [3.63, 3.8) is 0 Å². The Bertz CT molecular complexity index is 858. The normalized spacial score (nSPS) is 16.8. The molecule has 3 rings (SSSR count). The molecule has 1 atom stereocenters. The third kappa shape index (κ3) is 5.11. The van der Waals surface area contributed by atoms with E-state index in [1.165, 1.54) is 10.9 Å². The minimum atomic E-state index is -0.591. The quantitative estimate of drug-likeness (QED) is 0.799. The molecule has 1 aliphatic rings. The molecule has 6 nitrogen and oxygen atoms in total. The molecule has 2 N–H and O–H groups in total. The van der Waals surface area contributed by atoms with Gasteiger partial charge in [-0.25, -0.2) is 4.79 Å². The van der Waals surface area contributed by atoms with Crippen LogP contribution in [0.4, 0.5) is 4.79 Å². The summed E-state index contributed by atoms with van der Waals surface area (Å²) in [5, 5.41) is 4.04. The lowest BCUT2D eigenvalue weighted by Gasteiger charge is -2.35. The number of nitrogens with one attached hydrogen (secondary N) is 2. The number of aromatic amines is 1. The number of piperidine rings is 1. The van der Waals surface area contributed by atoms with Gasteiger partial charge in [0.2, 0.25) is 5.91 Å². The predicted molar refractivity (Wildman–Crippen MR) is 115 cm³/mol.